The molecule has 138 valence electrons. The van der Waals surface area contributed by atoms with Crippen LogP contribution in [0.3, 0.4) is 0 Å². The first-order valence-corrected chi connectivity index (χ1v) is 10.0. The van der Waals surface area contributed by atoms with Gasteiger partial charge in [0.05, 0.1) is 5.75 Å². The molecule has 2 rings (SSSR count). The number of piperidine rings is 1. The highest BCUT2D eigenvalue weighted by Gasteiger charge is 2.29. The van der Waals surface area contributed by atoms with Crippen LogP contribution < -0.4 is 10.5 Å². The lowest BCUT2D eigenvalue weighted by atomic mass is 9.99. The van der Waals surface area contributed by atoms with Crippen molar-refractivity contribution in [2.24, 2.45) is 11.1 Å². The fourth-order valence-corrected chi connectivity index (χ4v) is 4.06. The van der Waals surface area contributed by atoms with E-state index in [-0.39, 0.29) is 23.5 Å². The zero-order valence-electron chi connectivity index (χ0n) is 14.6. The molecule has 0 aliphatic carbocycles. The van der Waals surface area contributed by atoms with E-state index in [2.05, 4.69) is 5.32 Å². The summed E-state index contributed by atoms with van der Waals surface area (Å²) < 4.78 is 22.5. The average Bonchev–Trinajstić information content (AvgIpc) is 2.52. The molecule has 7 nitrogen and oxygen atoms in total. The van der Waals surface area contributed by atoms with Gasteiger partial charge in [-0.1, -0.05) is 17.7 Å². The van der Waals surface area contributed by atoms with Crippen molar-refractivity contribution in [1.82, 2.24) is 10.2 Å². The van der Waals surface area contributed by atoms with E-state index in [1.165, 1.54) is 0 Å². The number of benzene rings is 1. The Morgan fingerprint density at radius 3 is 2.76 bits per heavy atom. The second-order valence-corrected chi connectivity index (χ2v) is 8.35. The third-order valence-electron chi connectivity index (χ3n) is 4.30. The summed E-state index contributed by atoms with van der Waals surface area (Å²) in [6.07, 6.45) is 1.45. The fraction of sp³-hybridized carbons (Fsp3) is 0.529. The molecule has 1 saturated heterocycles. The summed E-state index contributed by atoms with van der Waals surface area (Å²) >= 11 is 0. The largest absolute Gasteiger partial charge is 0.341 e. The van der Waals surface area contributed by atoms with Gasteiger partial charge in [-0.2, -0.15) is 0 Å². The maximum atomic E-state index is 12.6. The zero-order chi connectivity index (χ0) is 18.6. The van der Waals surface area contributed by atoms with Gasteiger partial charge in [-0.3, -0.25) is 9.59 Å². The number of primary sulfonamides is 1. The van der Waals surface area contributed by atoms with Gasteiger partial charge in [0, 0.05) is 18.7 Å². The molecular weight excluding hydrogens is 342 g/mol. The normalized spacial score (nSPS) is 19.3. The van der Waals surface area contributed by atoms with E-state index < -0.39 is 16.1 Å². The van der Waals surface area contributed by atoms with Crippen molar-refractivity contribution >= 4 is 21.8 Å². The number of hydrogen-bond acceptors (Lipinski definition) is 4. The maximum Gasteiger partial charge on any atom is 0.251 e. The Morgan fingerprint density at radius 2 is 2.12 bits per heavy atom. The highest BCUT2D eigenvalue weighted by molar-refractivity contribution is 7.89. The first kappa shape index (κ1) is 19.4. The summed E-state index contributed by atoms with van der Waals surface area (Å²) in [6, 6.07) is 6.46. The van der Waals surface area contributed by atoms with Gasteiger partial charge in [-0.05, 0) is 44.7 Å². The summed E-state index contributed by atoms with van der Waals surface area (Å²) in [6.45, 7) is 4.44. The number of rotatable bonds is 5. The quantitative estimate of drug-likeness (QED) is 0.796. The molecule has 0 aromatic heterocycles. The van der Waals surface area contributed by atoms with Gasteiger partial charge in [0.15, 0.2) is 0 Å². The number of aryl methyl sites for hydroxylation is 1. The van der Waals surface area contributed by atoms with Crippen molar-refractivity contribution in [3.05, 3.63) is 35.4 Å². The number of nitrogens with two attached hydrogens (primary N) is 1. The maximum absolute atomic E-state index is 12.6. The lowest BCUT2D eigenvalue weighted by Gasteiger charge is -2.34. The predicted molar refractivity (Wildman–Crippen MR) is 95.4 cm³/mol. The Hall–Kier alpha value is -1.93. The molecule has 1 heterocycles. The van der Waals surface area contributed by atoms with E-state index >= 15 is 0 Å². The second kappa shape index (κ2) is 7.97. The van der Waals surface area contributed by atoms with Crippen LogP contribution in [0.5, 0.6) is 0 Å². The van der Waals surface area contributed by atoms with Crippen LogP contribution in [-0.4, -0.2) is 50.0 Å². The molecule has 0 saturated carbocycles. The van der Waals surface area contributed by atoms with E-state index in [0.717, 1.165) is 18.4 Å². The summed E-state index contributed by atoms with van der Waals surface area (Å²) in [5.74, 6) is -0.795. The SMILES string of the molecule is Cc1cccc(C(=O)NC(C)C(=O)N2CCCC(CS(N)(=O)=O)C2)c1. The molecule has 2 atom stereocenters. The molecule has 1 aromatic carbocycles. The second-order valence-electron chi connectivity index (χ2n) is 6.69. The first-order valence-electron chi connectivity index (χ1n) is 8.32. The fourth-order valence-electron chi connectivity index (χ4n) is 3.13. The molecule has 1 aliphatic heterocycles. The Labute approximate surface area is 148 Å². The van der Waals surface area contributed by atoms with Crippen LogP contribution in [0, 0.1) is 12.8 Å². The van der Waals surface area contributed by atoms with E-state index in [1.807, 2.05) is 13.0 Å². The minimum Gasteiger partial charge on any atom is -0.341 e. The third kappa shape index (κ3) is 5.82. The Kier molecular flexibility index (Phi) is 6.18. The van der Waals surface area contributed by atoms with Crippen LogP contribution in [0.25, 0.3) is 0 Å². The van der Waals surface area contributed by atoms with E-state index in [0.29, 0.717) is 18.7 Å². The Balaban J connectivity index is 1.96. The number of carbonyl (C=O) groups excluding carboxylic acids is 2. The molecule has 0 bridgehead atoms. The van der Waals surface area contributed by atoms with Gasteiger partial charge in [-0.15, -0.1) is 0 Å². The van der Waals surface area contributed by atoms with Gasteiger partial charge in [0.2, 0.25) is 15.9 Å². The summed E-state index contributed by atoms with van der Waals surface area (Å²) in [5.41, 5.74) is 1.47. The summed E-state index contributed by atoms with van der Waals surface area (Å²) in [5, 5.41) is 7.81. The van der Waals surface area contributed by atoms with Gasteiger partial charge in [0.25, 0.3) is 5.91 Å². The number of sulfonamides is 1. The van der Waals surface area contributed by atoms with E-state index in [4.69, 9.17) is 5.14 Å². The Bertz CT molecular complexity index is 748. The number of hydrogen-bond donors (Lipinski definition) is 2. The van der Waals surface area contributed by atoms with Crippen LogP contribution in [0.2, 0.25) is 0 Å². The van der Waals surface area contributed by atoms with Crippen LogP contribution >= 0.6 is 0 Å². The molecule has 1 aromatic rings. The highest BCUT2D eigenvalue weighted by atomic mass is 32.2. The van der Waals surface area contributed by atoms with Crippen molar-refractivity contribution in [3.63, 3.8) is 0 Å². The van der Waals surface area contributed by atoms with Crippen LogP contribution in [0.1, 0.15) is 35.7 Å². The van der Waals surface area contributed by atoms with Crippen LogP contribution in [0.15, 0.2) is 24.3 Å². The predicted octanol–water partition coefficient (Wildman–Crippen LogP) is 0.640. The number of amides is 2. The molecular formula is C17H25N3O4S. The van der Waals surface area contributed by atoms with E-state index in [9.17, 15) is 18.0 Å². The molecule has 25 heavy (non-hydrogen) atoms. The summed E-state index contributed by atoms with van der Waals surface area (Å²) in [7, 11) is -3.56. The van der Waals surface area contributed by atoms with Crippen molar-refractivity contribution in [2.75, 3.05) is 18.8 Å². The summed E-state index contributed by atoms with van der Waals surface area (Å²) in [4.78, 5) is 26.5. The lowest BCUT2D eigenvalue weighted by Crippen LogP contribution is -2.50. The molecule has 2 unspecified atom stereocenters. The minimum absolute atomic E-state index is 0.124. The van der Waals surface area contributed by atoms with Gasteiger partial charge in [0.1, 0.15) is 6.04 Å². The van der Waals surface area contributed by atoms with Crippen LogP contribution in [-0.2, 0) is 14.8 Å². The molecule has 0 radical (unpaired) electrons. The number of nitrogens with zero attached hydrogens (tertiary/aromatic N) is 1. The zero-order valence-corrected chi connectivity index (χ0v) is 15.4. The number of carbonyl (C=O) groups is 2. The number of nitrogens with one attached hydrogen (secondary N) is 1. The third-order valence-corrected chi connectivity index (χ3v) is 5.23. The van der Waals surface area contributed by atoms with Crippen molar-refractivity contribution < 1.29 is 18.0 Å². The molecule has 2 amide bonds. The van der Waals surface area contributed by atoms with Crippen LogP contribution in [0.4, 0.5) is 0 Å². The lowest BCUT2D eigenvalue weighted by molar-refractivity contribution is -0.134. The van der Waals surface area contributed by atoms with Crippen molar-refractivity contribution in [2.45, 2.75) is 32.7 Å². The highest BCUT2D eigenvalue weighted by Crippen LogP contribution is 2.18. The average molecular weight is 367 g/mol. The molecule has 8 heteroatoms. The van der Waals surface area contributed by atoms with E-state index in [1.54, 1.807) is 30.0 Å². The smallest absolute Gasteiger partial charge is 0.251 e. The molecule has 1 aliphatic rings. The standard InChI is InChI=1S/C17H25N3O4S/c1-12-5-3-7-15(9-12)16(21)19-13(2)17(22)20-8-4-6-14(10-20)11-25(18,23)24/h3,5,7,9,13-14H,4,6,8,10-11H2,1-2H3,(H,19,21)(H2,18,23,24). The van der Waals surface area contributed by atoms with Gasteiger partial charge >= 0.3 is 0 Å². The van der Waals surface area contributed by atoms with Gasteiger partial charge < -0.3 is 10.2 Å². The monoisotopic (exact) mass is 367 g/mol. The molecule has 1 fully saturated rings. The number of likely N-dealkylation sites (tertiary alicyclic amines) is 1. The Morgan fingerprint density at radius 1 is 1.40 bits per heavy atom. The first-order chi connectivity index (χ1) is 11.7. The molecule has 0 spiro atoms. The van der Waals surface area contributed by atoms with Crippen molar-refractivity contribution in [1.29, 1.82) is 0 Å². The van der Waals surface area contributed by atoms with Crippen molar-refractivity contribution in [3.8, 4) is 0 Å². The van der Waals surface area contributed by atoms with Gasteiger partial charge in [-0.25, -0.2) is 13.6 Å². The molecule has 3 N–H and O–H groups in total. The topological polar surface area (TPSA) is 110 Å². The minimum atomic E-state index is -3.56.